The quantitative estimate of drug-likeness (QED) is 0.589. The summed E-state index contributed by atoms with van der Waals surface area (Å²) in [4.78, 5) is 2.28. The number of ether oxygens (including phenoxy) is 1. The van der Waals surface area contributed by atoms with Gasteiger partial charge in [-0.25, -0.2) is 0 Å². The third-order valence-corrected chi connectivity index (χ3v) is 2.72. The topological polar surface area (TPSA) is 52.9 Å². The lowest BCUT2D eigenvalue weighted by atomic mass is 10.0. The van der Waals surface area contributed by atoms with Gasteiger partial charge in [0.2, 0.25) is 0 Å². The molecule has 0 aromatic carbocycles. The number of aliphatic hydroxyl groups is 2. The van der Waals surface area contributed by atoms with Crippen LogP contribution in [-0.4, -0.2) is 60.7 Å². The van der Waals surface area contributed by atoms with Gasteiger partial charge >= 0.3 is 0 Å². The molecule has 4 heteroatoms. The Morgan fingerprint density at radius 1 is 1.21 bits per heavy atom. The zero-order valence-corrected chi connectivity index (χ0v) is 8.69. The van der Waals surface area contributed by atoms with E-state index in [0.717, 1.165) is 19.5 Å². The van der Waals surface area contributed by atoms with Crippen LogP contribution in [0.3, 0.4) is 0 Å². The molecule has 0 amide bonds. The van der Waals surface area contributed by atoms with Gasteiger partial charge in [0.15, 0.2) is 0 Å². The van der Waals surface area contributed by atoms with Gasteiger partial charge in [0, 0.05) is 12.6 Å². The van der Waals surface area contributed by atoms with E-state index in [2.05, 4.69) is 4.90 Å². The summed E-state index contributed by atoms with van der Waals surface area (Å²) >= 11 is 0. The van der Waals surface area contributed by atoms with Crippen molar-refractivity contribution in [3.8, 4) is 0 Å². The van der Waals surface area contributed by atoms with E-state index >= 15 is 0 Å². The molecule has 1 aliphatic heterocycles. The first-order chi connectivity index (χ1) is 6.88. The molecule has 0 radical (unpaired) electrons. The molecule has 0 bridgehead atoms. The highest BCUT2D eigenvalue weighted by Crippen LogP contribution is 2.15. The Bertz CT molecular complexity index is 143. The molecule has 14 heavy (non-hydrogen) atoms. The van der Waals surface area contributed by atoms with E-state index in [0.29, 0.717) is 19.3 Å². The van der Waals surface area contributed by atoms with Crippen molar-refractivity contribution in [1.82, 2.24) is 4.90 Å². The lowest BCUT2D eigenvalue weighted by molar-refractivity contribution is 0.0379. The Balaban J connectivity index is 2.13. The predicted molar refractivity (Wildman–Crippen MR) is 54.2 cm³/mol. The normalized spacial score (nSPS) is 24.0. The summed E-state index contributed by atoms with van der Waals surface area (Å²) in [5, 5.41) is 17.7. The van der Waals surface area contributed by atoms with Crippen molar-refractivity contribution in [3.63, 3.8) is 0 Å². The molecule has 1 atom stereocenters. The van der Waals surface area contributed by atoms with Gasteiger partial charge in [-0.2, -0.15) is 0 Å². The second-order valence-corrected chi connectivity index (χ2v) is 3.70. The van der Waals surface area contributed by atoms with Gasteiger partial charge in [-0.05, 0) is 19.4 Å². The predicted octanol–water partition coefficient (Wildman–Crippen LogP) is -0.158. The second kappa shape index (κ2) is 7.17. The number of hydrogen-bond donors (Lipinski definition) is 2. The minimum atomic E-state index is 0.0867. The van der Waals surface area contributed by atoms with Crippen molar-refractivity contribution in [1.29, 1.82) is 0 Å². The van der Waals surface area contributed by atoms with Gasteiger partial charge in [0.25, 0.3) is 0 Å². The van der Waals surface area contributed by atoms with Crippen LogP contribution in [0, 0.1) is 0 Å². The summed E-state index contributed by atoms with van der Waals surface area (Å²) in [5.74, 6) is 0. The summed E-state index contributed by atoms with van der Waals surface area (Å²) < 4.78 is 5.21. The van der Waals surface area contributed by atoms with Gasteiger partial charge in [-0.1, -0.05) is 6.42 Å². The third kappa shape index (κ3) is 3.92. The maximum atomic E-state index is 9.14. The second-order valence-electron chi connectivity index (χ2n) is 3.70. The van der Waals surface area contributed by atoms with E-state index in [9.17, 15) is 0 Å². The monoisotopic (exact) mass is 203 g/mol. The molecule has 4 nitrogen and oxygen atoms in total. The number of hydrogen-bond acceptors (Lipinski definition) is 4. The van der Waals surface area contributed by atoms with Crippen molar-refractivity contribution < 1.29 is 14.9 Å². The SMILES string of the molecule is OCCOCCN1CCCCC1CO. The van der Waals surface area contributed by atoms with Crippen LogP contribution in [0.1, 0.15) is 19.3 Å². The Morgan fingerprint density at radius 2 is 2.07 bits per heavy atom. The van der Waals surface area contributed by atoms with Gasteiger partial charge in [-0.3, -0.25) is 4.90 Å². The molecule has 1 aliphatic rings. The Labute approximate surface area is 85.5 Å². The Kier molecular flexibility index (Phi) is 6.10. The highest BCUT2D eigenvalue weighted by molar-refractivity contribution is 4.75. The van der Waals surface area contributed by atoms with Crippen LogP contribution in [-0.2, 0) is 4.74 Å². The average Bonchev–Trinajstić information content (AvgIpc) is 2.25. The standard InChI is InChI=1S/C10H21NO3/c12-6-8-14-7-5-11-4-2-1-3-10(11)9-13/h10,12-13H,1-9H2. The number of piperidine rings is 1. The average molecular weight is 203 g/mol. The molecule has 84 valence electrons. The highest BCUT2D eigenvalue weighted by Gasteiger charge is 2.20. The molecule has 0 saturated carbocycles. The molecule has 0 aromatic heterocycles. The van der Waals surface area contributed by atoms with Crippen molar-refractivity contribution in [2.45, 2.75) is 25.3 Å². The fourth-order valence-electron chi connectivity index (χ4n) is 1.91. The van der Waals surface area contributed by atoms with E-state index in [1.807, 2.05) is 0 Å². The van der Waals surface area contributed by atoms with Crippen LogP contribution in [0.2, 0.25) is 0 Å². The van der Waals surface area contributed by atoms with E-state index < -0.39 is 0 Å². The van der Waals surface area contributed by atoms with Crippen molar-refractivity contribution in [2.75, 3.05) is 39.5 Å². The molecule has 1 saturated heterocycles. The lowest BCUT2D eigenvalue weighted by Gasteiger charge is -2.34. The summed E-state index contributed by atoms with van der Waals surface area (Å²) in [6.07, 6.45) is 3.53. The lowest BCUT2D eigenvalue weighted by Crippen LogP contribution is -2.43. The molecular weight excluding hydrogens is 182 g/mol. The summed E-state index contributed by atoms with van der Waals surface area (Å²) in [7, 11) is 0. The van der Waals surface area contributed by atoms with Crippen molar-refractivity contribution in [3.05, 3.63) is 0 Å². The minimum absolute atomic E-state index is 0.0867. The van der Waals surface area contributed by atoms with E-state index in [1.54, 1.807) is 0 Å². The van der Waals surface area contributed by atoms with Gasteiger partial charge in [-0.15, -0.1) is 0 Å². The zero-order chi connectivity index (χ0) is 10.2. The Morgan fingerprint density at radius 3 is 2.79 bits per heavy atom. The fourth-order valence-corrected chi connectivity index (χ4v) is 1.91. The third-order valence-electron chi connectivity index (χ3n) is 2.72. The van der Waals surface area contributed by atoms with E-state index in [-0.39, 0.29) is 13.2 Å². The molecule has 0 aliphatic carbocycles. The maximum Gasteiger partial charge on any atom is 0.0698 e. The van der Waals surface area contributed by atoms with Crippen LogP contribution in [0.4, 0.5) is 0 Å². The Hall–Kier alpha value is -0.160. The molecule has 1 rings (SSSR count). The molecule has 1 unspecified atom stereocenters. The van der Waals surface area contributed by atoms with Crippen LogP contribution < -0.4 is 0 Å². The minimum Gasteiger partial charge on any atom is -0.395 e. The van der Waals surface area contributed by atoms with Crippen LogP contribution in [0.25, 0.3) is 0 Å². The number of nitrogens with zero attached hydrogens (tertiary/aromatic N) is 1. The molecule has 0 aromatic rings. The number of likely N-dealkylation sites (tertiary alicyclic amines) is 1. The van der Waals surface area contributed by atoms with Gasteiger partial charge in [0.1, 0.15) is 0 Å². The molecule has 1 heterocycles. The fraction of sp³-hybridized carbons (Fsp3) is 1.00. The number of aliphatic hydroxyl groups excluding tert-OH is 2. The molecule has 1 fully saturated rings. The van der Waals surface area contributed by atoms with Crippen molar-refractivity contribution in [2.24, 2.45) is 0 Å². The first-order valence-corrected chi connectivity index (χ1v) is 5.42. The summed E-state index contributed by atoms with van der Waals surface area (Å²) in [6, 6.07) is 0.321. The summed E-state index contributed by atoms with van der Waals surface area (Å²) in [5.41, 5.74) is 0. The van der Waals surface area contributed by atoms with Crippen LogP contribution in [0.15, 0.2) is 0 Å². The molecular formula is C10H21NO3. The first kappa shape index (κ1) is 11.9. The largest absolute Gasteiger partial charge is 0.395 e. The van der Waals surface area contributed by atoms with Gasteiger partial charge < -0.3 is 14.9 Å². The zero-order valence-electron chi connectivity index (χ0n) is 8.69. The van der Waals surface area contributed by atoms with Crippen LogP contribution in [0.5, 0.6) is 0 Å². The van der Waals surface area contributed by atoms with Crippen molar-refractivity contribution >= 4 is 0 Å². The van der Waals surface area contributed by atoms with E-state index in [1.165, 1.54) is 12.8 Å². The smallest absolute Gasteiger partial charge is 0.0698 e. The number of rotatable bonds is 6. The molecule has 0 spiro atoms. The maximum absolute atomic E-state index is 9.14. The summed E-state index contributed by atoms with van der Waals surface area (Å²) in [6.45, 7) is 3.33. The van der Waals surface area contributed by atoms with E-state index in [4.69, 9.17) is 14.9 Å². The molecule has 2 N–H and O–H groups in total. The first-order valence-electron chi connectivity index (χ1n) is 5.42. The van der Waals surface area contributed by atoms with Gasteiger partial charge in [0.05, 0.1) is 26.4 Å². The van der Waals surface area contributed by atoms with Crippen LogP contribution >= 0.6 is 0 Å². The highest BCUT2D eigenvalue weighted by atomic mass is 16.5.